The molecule has 3 aliphatic heterocycles. The first-order valence-corrected chi connectivity index (χ1v) is 10.0. The van der Waals surface area contributed by atoms with Gasteiger partial charge in [0, 0.05) is 49.7 Å². The topological polar surface area (TPSA) is 93.4 Å². The fraction of sp³-hybridized carbons (Fsp3) is 0.600. The molecule has 28 heavy (non-hydrogen) atoms. The average Bonchev–Trinajstić information content (AvgIpc) is 3.46. The van der Waals surface area contributed by atoms with Gasteiger partial charge in [-0.05, 0) is 31.9 Å². The van der Waals surface area contributed by atoms with E-state index in [9.17, 15) is 4.79 Å². The van der Waals surface area contributed by atoms with Crippen LogP contribution in [0.1, 0.15) is 32.0 Å². The Balaban J connectivity index is 1.36. The maximum absolute atomic E-state index is 11.7. The second-order valence-corrected chi connectivity index (χ2v) is 8.12. The molecule has 3 saturated heterocycles. The monoisotopic (exact) mass is 383 g/mol. The second kappa shape index (κ2) is 6.55. The predicted octanol–water partition coefficient (Wildman–Crippen LogP) is 1.95. The normalized spacial score (nSPS) is 30.6. The van der Waals surface area contributed by atoms with E-state index in [1.807, 2.05) is 19.1 Å². The molecule has 8 nitrogen and oxygen atoms in total. The van der Waals surface area contributed by atoms with E-state index < -0.39 is 0 Å². The zero-order valence-corrected chi connectivity index (χ0v) is 16.2. The van der Waals surface area contributed by atoms with Crippen LogP contribution >= 0.6 is 0 Å². The van der Waals surface area contributed by atoms with E-state index in [-0.39, 0.29) is 17.6 Å². The first-order valence-electron chi connectivity index (χ1n) is 10.0. The van der Waals surface area contributed by atoms with Gasteiger partial charge in [0.2, 0.25) is 5.91 Å². The van der Waals surface area contributed by atoms with Crippen LogP contribution in [0.3, 0.4) is 0 Å². The highest BCUT2D eigenvalue weighted by molar-refractivity contribution is 5.75. The van der Waals surface area contributed by atoms with E-state index in [1.165, 1.54) is 0 Å². The van der Waals surface area contributed by atoms with Crippen molar-refractivity contribution in [2.24, 2.45) is 11.8 Å². The van der Waals surface area contributed by atoms with Gasteiger partial charge >= 0.3 is 0 Å². The number of amides is 1. The van der Waals surface area contributed by atoms with Crippen LogP contribution in [0.25, 0.3) is 11.5 Å². The molecule has 148 valence electrons. The maximum atomic E-state index is 11.7. The predicted molar refractivity (Wildman–Crippen MR) is 102 cm³/mol. The van der Waals surface area contributed by atoms with Gasteiger partial charge < -0.3 is 19.5 Å². The summed E-state index contributed by atoms with van der Waals surface area (Å²) in [6.45, 7) is 6.12. The van der Waals surface area contributed by atoms with E-state index in [1.54, 1.807) is 13.1 Å². The Hall–Kier alpha value is -2.48. The van der Waals surface area contributed by atoms with E-state index in [4.69, 9.17) is 9.26 Å². The molecule has 3 fully saturated rings. The summed E-state index contributed by atoms with van der Waals surface area (Å²) in [7, 11) is 0. The smallest absolute Gasteiger partial charge is 0.258 e. The molecule has 2 bridgehead atoms. The van der Waals surface area contributed by atoms with Crippen molar-refractivity contribution in [3.8, 4) is 11.5 Å². The number of aromatic nitrogens is 3. The van der Waals surface area contributed by atoms with Gasteiger partial charge in [-0.25, -0.2) is 4.98 Å². The van der Waals surface area contributed by atoms with Crippen molar-refractivity contribution in [1.82, 2.24) is 20.4 Å². The molecular weight excluding hydrogens is 358 g/mol. The van der Waals surface area contributed by atoms with Crippen molar-refractivity contribution < 1.29 is 14.1 Å². The number of nitrogens with one attached hydrogen (secondary N) is 1. The highest BCUT2D eigenvalue weighted by Crippen LogP contribution is 2.55. The van der Waals surface area contributed by atoms with Gasteiger partial charge in [0.05, 0.1) is 11.7 Å². The molecule has 0 aliphatic carbocycles. The Labute approximate surface area is 163 Å². The Morgan fingerprint density at radius 3 is 3.14 bits per heavy atom. The van der Waals surface area contributed by atoms with Crippen LogP contribution in [0.2, 0.25) is 0 Å². The van der Waals surface area contributed by atoms with Crippen LogP contribution in [0.4, 0.5) is 5.82 Å². The molecule has 8 heteroatoms. The summed E-state index contributed by atoms with van der Waals surface area (Å²) in [5, 5.41) is 6.95. The molecule has 5 heterocycles. The number of aryl methyl sites for hydroxylation is 1. The largest absolute Gasteiger partial charge is 0.369 e. The van der Waals surface area contributed by atoms with Crippen LogP contribution in [0.5, 0.6) is 0 Å². The number of pyridine rings is 1. The van der Waals surface area contributed by atoms with Crippen molar-refractivity contribution in [1.29, 1.82) is 0 Å². The van der Waals surface area contributed by atoms with Crippen LogP contribution in [0, 0.1) is 18.8 Å². The molecule has 2 aromatic heterocycles. The minimum Gasteiger partial charge on any atom is -0.369 e. The number of hydrogen-bond donors (Lipinski definition) is 1. The Morgan fingerprint density at radius 2 is 2.36 bits per heavy atom. The SMILES string of the molecule is CCC(=O)NC[C@H]1[C@H]2CN(c3cc(-c4nc(C)no4)ccn3)C[C@]23CC[C@H]1O3. The zero-order chi connectivity index (χ0) is 19.3. The quantitative estimate of drug-likeness (QED) is 0.843. The number of carbonyl (C=O) groups is 1. The summed E-state index contributed by atoms with van der Waals surface area (Å²) >= 11 is 0. The lowest BCUT2D eigenvalue weighted by molar-refractivity contribution is -0.121. The molecule has 4 atom stereocenters. The number of anilines is 1. The van der Waals surface area contributed by atoms with Crippen molar-refractivity contribution in [3.05, 3.63) is 24.2 Å². The number of ether oxygens (including phenoxy) is 1. The summed E-state index contributed by atoms with van der Waals surface area (Å²) in [5.74, 6) is 2.92. The highest BCUT2D eigenvalue weighted by Gasteiger charge is 2.63. The first kappa shape index (κ1) is 17.6. The van der Waals surface area contributed by atoms with Crippen molar-refractivity contribution in [2.75, 3.05) is 24.5 Å². The van der Waals surface area contributed by atoms with E-state index in [0.29, 0.717) is 36.5 Å². The van der Waals surface area contributed by atoms with Gasteiger partial charge in [-0.2, -0.15) is 4.98 Å². The lowest BCUT2D eigenvalue weighted by Crippen LogP contribution is -2.41. The third-order valence-electron chi connectivity index (χ3n) is 6.48. The molecule has 0 aromatic carbocycles. The standard InChI is InChI=1S/C20H25N5O3/c1-3-18(26)22-9-14-15-10-25(11-20(15)6-4-16(14)27-20)17-8-13(5-7-21-17)19-23-12(2)24-28-19/h5,7-8,14-16H,3-4,6,9-11H2,1-2H3,(H,22,26)/t14-,15+,16+,20+/m0/s1. The number of hydrogen-bond acceptors (Lipinski definition) is 7. The number of rotatable bonds is 5. The molecule has 5 rings (SSSR count). The maximum Gasteiger partial charge on any atom is 0.258 e. The minimum absolute atomic E-state index is 0.106. The van der Waals surface area contributed by atoms with Gasteiger partial charge in [-0.3, -0.25) is 4.79 Å². The van der Waals surface area contributed by atoms with Gasteiger partial charge in [0.15, 0.2) is 5.82 Å². The summed E-state index contributed by atoms with van der Waals surface area (Å²) in [4.78, 5) is 22.9. The van der Waals surface area contributed by atoms with Crippen LogP contribution in [0.15, 0.2) is 22.9 Å². The van der Waals surface area contributed by atoms with Crippen molar-refractivity contribution in [2.45, 2.75) is 44.8 Å². The molecule has 1 N–H and O–H groups in total. The third kappa shape index (κ3) is 2.78. The van der Waals surface area contributed by atoms with Crippen LogP contribution in [-0.4, -0.2) is 52.4 Å². The van der Waals surface area contributed by atoms with E-state index in [2.05, 4.69) is 25.3 Å². The molecule has 1 spiro atoms. The molecular formula is C20H25N5O3. The molecule has 1 amide bonds. The van der Waals surface area contributed by atoms with Crippen molar-refractivity contribution >= 4 is 11.7 Å². The molecule has 3 aliphatic rings. The lowest BCUT2D eigenvalue weighted by Gasteiger charge is -2.29. The van der Waals surface area contributed by atoms with Gasteiger partial charge in [0.25, 0.3) is 5.89 Å². The fourth-order valence-corrected chi connectivity index (χ4v) is 5.13. The number of carbonyl (C=O) groups excluding carboxylic acids is 1. The summed E-state index contributed by atoms with van der Waals surface area (Å²) in [6, 6.07) is 3.89. The first-order chi connectivity index (χ1) is 13.6. The lowest BCUT2D eigenvalue weighted by atomic mass is 9.73. The summed E-state index contributed by atoms with van der Waals surface area (Å²) < 4.78 is 11.8. The number of nitrogens with zero attached hydrogens (tertiary/aromatic N) is 4. The third-order valence-corrected chi connectivity index (χ3v) is 6.48. The Morgan fingerprint density at radius 1 is 1.46 bits per heavy atom. The van der Waals surface area contributed by atoms with Gasteiger partial charge in [-0.1, -0.05) is 12.1 Å². The fourth-order valence-electron chi connectivity index (χ4n) is 5.13. The summed E-state index contributed by atoms with van der Waals surface area (Å²) in [6.07, 6.45) is 4.73. The molecule has 2 aromatic rings. The van der Waals surface area contributed by atoms with Gasteiger partial charge in [-0.15, -0.1) is 0 Å². The molecule has 0 radical (unpaired) electrons. The van der Waals surface area contributed by atoms with Crippen molar-refractivity contribution in [3.63, 3.8) is 0 Å². The minimum atomic E-state index is -0.106. The Kier molecular flexibility index (Phi) is 4.12. The second-order valence-electron chi connectivity index (χ2n) is 8.12. The molecule has 0 saturated carbocycles. The Bertz CT molecular complexity index is 899. The number of fused-ring (bicyclic) bond motifs is 1. The average molecular weight is 383 g/mol. The zero-order valence-electron chi connectivity index (χ0n) is 16.2. The van der Waals surface area contributed by atoms with Crippen LogP contribution in [-0.2, 0) is 9.53 Å². The van der Waals surface area contributed by atoms with E-state index >= 15 is 0 Å². The summed E-state index contributed by atoms with van der Waals surface area (Å²) in [5.41, 5.74) is 0.766. The van der Waals surface area contributed by atoms with Gasteiger partial charge in [0.1, 0.15) is 5.82 Å². The van der Waals surface area contributed by atoms with Crippen LogP contribution < -0.4 is 10.2 Å². The molecule has 0 unspecified atom stereocenters. The highest BCUT2D eigenvalue weighted by atomic mass is 16.5. The van der Waals surface area contributed by atoms with E-state index in [0.717, 1.165) is 37.3 Å².